The Morgan fingerprint density at radius 3 is 1.43 bits per heavy atom. The third-order valence-electron chi connectivity index (χ3n) is 4.48. The largest absolute Gasteiger partial charge is 0.481 e. The highest BCUT2D eigenvalue weighted by Gasteiger charge is 2.34. The average molecular weight is 405 g/mol. The van der Waals surface area contributed by atoms with Crippen molar-refractivity contribution in [1.82, 2.24) is 0 Å². The SMILES string of the molecule is CCC(CC)(CCCC(=O)O)C(=O)O.CCOC(=O)CCCCC(=O)OCC. The van der Waals surface area contributed by atoms with Gasteiger partial charge < -0.3 is 19.7 Å². The van der Waals surface area contributed by atoms with Gasteiger partial charge in [-0.2, -0.15) is 0 Å². The Morgan fingerprint density at radius 1 is 0.714 bits per heavy atom. The summed E-state index contributed by atoms with van der Waals surface area (Å²) in [6, 6.07) is 0. The van der Waals surface area contributed by atoms with Gasteiger partial charge in [0.1, 0.15) is 0 Å². The van der Waals surface area contributed by atoms with Gasteiger partial charge in [-0.15, -0.1) is 0 Å². The molecule has 0 spiro atoms. The molecular weight excluding hydrogens is 368 g/mol. The fraction of sp³-hybridized carbons (Fsp3) is 0.800. The molecule has 0 aromatic rings. The number of ether oxygens (including phenoxy) is 2. The van der Waals surface area contributed by atoms with Gasteiger partial charge in [-0.3, -0.25) is 19.2 Å². The summed E-state index contributed by atoms with van der Waals surface area (Å²) >= 11 is 0. The third-order valence-corrected chi connectivity index (χ3v) is 4.48. The quantitative estimate of drug-likeness (QED) is 0.330. The van der Waals surface area contributed by atoms with Crippen molar-refractivity contribution in [3.8, 4) is 0 Å². The van der Waals surface area contributed by atoms with E-state index in [-0.39, 0.29) is 18.4 Å². The van der Waals surface area contributed by atoms with Gasteiger partial charge in [0, 0.05) is 19.3 Å². The minimum atomic E-state index is -0.864. The summed E-state index contributed by atoms with van der Waals surface area (Å²) in [6.07, 6.45) is 4.16. The van der Waals surface area contributed by atoms with Gasteiger partial charge in [0.05, 0.1) is 18.6 Å². The summed E-state index contributed by atoms with van der Waals surface area (Å²) in [4.78, 5) is 43.0. The molecular formula is C20H36O8. The molecule has 0 fully saturated rings. The van der Waals surface area contributed by atoms with E-state index in [0.29, 0.717) is 64.6 Å². The summed E-state index contributed by atoms with van der Waals surface area (Å²) in [5.74, 6) is -2.07. The molecule has 0 atom stereocenters. The van der Waals surface area contributed by atoms with Crippen LogP contribution in [-0.4, -0.2) is 47.3 Å². The summed E-state index contributed by atoms with van der Waals surface area (Å²) < 4.78 is 9.48. The maximum Gasteiger partial charge on any atom is 0.309 e. The van der Waals surface area contributed by atoms with Crippen molar-refractivity contribution in [2.75, 3.05) is 13.2 Å². The number of carboxylic acids is 2. The van der Waals surface area contributed by atoms with Crippen LogP contribution in [0.2, 0.25) is 0 Å². The number of unbranched alkanes of at least 4 members (excludes halogenated alkanes) is 1. The molecule has 0 aromatic heterocycles. The van der Waals surface area contributed by atoms with Crippen LogP contribution in [0.3, 0.4) is 0 Å². The van der Waals surface area contributed by atoms with E-state index in [9.17, 15) is 19.2 Å². The van der Waals surface area contributed by atoms with E-state index >= 15 is 0 Å². The predicted molar refractivity (Wildman–Crippen MR) is 104 cm³/mol. The van der Waals surface area contributed by atoms with Crippen LogP contribution in [0.5, 0.6) is 0 Å². The lowest BCUT2D eigenvalue weighted by atomic mass is 9.78. The molecule has 0 saturated heterocycles. The van der Waals surface area contributed by atoms with Crippen LogP contribution >= 0.6 is 0 Å². The highest BCUT2D eigenvalue weighted by atomic mass is 16.5. The van der Waals surface area contributed by atoms with Crippen molar-refractivity contribution in [3.05, 3.63) is 0 Å². The molecule has 0 unspecified atom stereocenters. The molecule has 0 bridgehead atoms. The summed E-state index contributed by atoms with van der Waals surface area (Å²) in [5, 5.41) is 17.5. The second kappa shape index (κ2) is 17.0. The first-order valence-corrected chi connectivity index (χ1v) is 9.95. The van der Waals surface area contributed by atoms with Crippen LogP contribution in [0, 0.1) is 5.41 Å². The number of esters is 2. The molecule has 0 heterocycles. The topological polar surface area (TPSA) is 127 Å². The van der Waals surface area contributed by atoms with Crippen LogP contribution < -0.4 is 0 Å². The summed E-state index contributed by atoms with van der Waals surface area (Å²) in [5.41, 5.74) is -0.727. The van der Waals surface area contributed by atoms with E-state index in [1.165, 1.54) is 0 Å². The summed E-state index contributed by atoms with van der Waals surface area (Å²) in [6.45, 7) is 8.04. The molecule has 0 radical (unpaired) electrons. The first kappa shape index (κ1) is 28.1. The maximum absolute atomic E-state index is 11.0. The Morgan fingerprint density at radius 2 is 1.14 bits per heavy atom. The molecule has 2 N–H and O–H groups in total. The average Bonchev–Trinajstić information content (AvgIpc) is 2.63. The maximum atomic E-state index is 11.0. The highest BCUT2D eigenvalue weighted by Crippen LogP contribution is 2.32. The van der Waals surface area contributed by atoms with E-state index in [4.69, 9.17) is 19.7 Å². The van der Waals surface area contributed by atoms with Gasteiger partial charge >= 0.3 is 23.9 Å². The zero-order chi connectivity index (χ0) is 22.0. The fourth-order valence-corrected chi connectivity index (χ4v) is 2.60. The van der Waals surface area contributed by atoms with E-state index in [1.54, 1.807) is 13.8 Å². The number of rotatable bonds is 14. The molecule has 0 aliphatic heterocycles. The second-order valence-corrected chi connectivity index (χ2v) is 6.36. The van der Waals surface area contributed by atoms with E-state index in [1.807, 2.05) is 13.8 Å². The van der Waals surface area contributed by atoms with Gasteiger partial charge in [0.2, 0.25) is 0 Å². The first-order valence-electron chi connectivity index (χ1n) is 9.95. The number of carboxylic acid groups (broad SMARTS) is 2. The Balaban J connectivity index is 0. The zero-order valence-corrected chi connectivity index (χ0v) is 17.6. The Hall–Kier alpha value is -2.12. The Kier molecular flexibility index (Phi) is 17.1. The van der Waals surface area contributed by atoms with Crippen LogP contribution in [0.4, 0.5) is 0 Å². The van der Waals surface area contributed by atoms with Crippen molar-refractivity contribution in [3.63, 3.8) is 0 Å². The molecule has 28 heavy (non-hydrogen) atoms. The monoisotopic (exact) mass is 404 g/mol. The standard InChI is InChI=1S/2C10H18O4/c1-3-10(4-2,9(13)14)7-5-6-8(11)12;1-3-13-9(11)7-5-6-8-10(12)14-4-2/h3-7H2,1-2H3,(H,11,12)(H,13,14);3-8H2,1-2H3. The highest BCUT2D eigenvalue weighted by molar-refractivity contribution is 5.74. The predicted octanol–water partition coefficient (Wildman–Crippen LogP) is 3.81. The van der Waals surface area contributed by atoms with Gasteiger partial charge in [-0.1, -0.05) is 13.8 Å². The molecule has 0 saturated carbocycles. The number of carbonyl (C=O) groups excluding carboxylic acids is 2. The molecule has 0 aliphatic rings. The second-order valence-electron chi connectivity index (χ2n) is 6.36. The van der Waals surface area contributed by atoms with Crippen LogP contribution in [0.25, 0.3) is 0 Å². The fourth-order valence-electron chi connectivity index (χ4n) is 2.60. The normalized spacial score (nSPS) is 10.4. The minimum Gasteiger partial charge on any atom is -0.481 e. The number of aliphatic carboxylic acids is 2. The molecule has 8 nitrogen and oxygen atoms in total. The van der Waals surface area contributed by atoms with Gasteiger partial charge in [-0.25, -0.2) is 0 Å². The van der Waals surface area contributed by atoms with Crippen molar-refractivity contribution in [2.45, 2.75) is 85.5 Å². The van der Waals surface area contributed by atoms with Gasteiger partial charge in [-0.05, 0) is 52.4 Å². The lowest BCUT2D eigenvalue weighted by Crippen LogP contribution is -2.29. The van der Waals surface area contributed by atoms with Gasteiger partial charge in [0.15, 0.2) is 0 Å². The molecule has 0 aliphatic carbocycles. The number of carbonyl (C=O) groups is 4. The van der Waals surface area contributed by atoms with Crippen molar-refractivity contribution in [2.24, 2.45) is 5.41 Å². The molecule has 0 rings (SSSR count). The lowest BCUT2D eigenvalue weighted by Gasteiger charge is -2.26. The molecule has 8 heteroatoms. The van der Waals surface area contributed by atoms with Crippen LogP contribution in [0.1, 0.15) is 85.5 Å². The number of hydrogen-bond acceptors (Lipinski definition) is 6. The number of hydrogen-bond donors (Lipinski definition) is 2. The van der Waals surface area contributed by atoms with E-state index in [2.05, 4.69) is 0 Å². The molecule has 164 valence electrons. The lowest BCUT2D eigenvalue weighted by molar-refractivity contribution is -0.150. The van der Waals surface area contributed by atoms with Crippen molar-refractivity contribution in [1.29, 1.82) is 0 Å². The zero-order valence-electron chi connectivity index (χ0n) is 17.6. The Labute approximate surface area is 167 Å². The molecule has 0 amide bonds. The summed E-state index contributed by atoms with van der Waals surface area (Å²) in [7, 11) is 0. The van der Waals surface area contributed by atoms with Gasteiger partial charge in [0.25, 0.3) is 0 Å². The third kappa shape index (κ3) is 14.0. The first-order chi connectivity index (χ1) is 13.2. The minimum absolute atomic E-state index is 0.0506. The van der Waals surface area contributed by atoms with Crippen molar-refractivity contribution < 1.29 is 38.9 Å². The van der Waals surface area contributed by atoms with Crippen molar-refractivity contribution >= 4 is 23.9 Å². The van der Waals surface area contributed by atoms with E-state index in [0.717, 1.165) is 0 Å². The van der Waals surface area contributed by atoms with Crippen LogP contribution in [0.15, 0.2) is 0 Å². The van der Waals surface area contributed by atoms with Crippen LogP contribution in [-0.2, 0) is 28.7 Å². The van der Waals surface area contributed by atoms with E-state index < -0.39 is 17.4 Å². The smallest absolute Gasteiger partial charge is 0.309 e. The molecule has 0 aromatic carbocycles. The Bertz CT molecular complexity index is 449.